The first-order valence-electron chi connectivity index (χ1n) is 8.82. The molecule has 0 saturated carbocycles. The summed E-state index contributed by atoms with van der Waals surface area (Å²) in [7, 11) is 0. The van der Waals surface area contributed by atoms with E-state index in [1.165, 1.54) is 11.3 Å². The van der Waals surface area contributed by atoms with Crippen LogP contribution in [-0.2, 0) is 6.42 Å². The van der Waals surface area contributed by atoms with E-state index in [1.54, 1.807) is 0 Å². The Morgan fingerprint density at radius 2 is 2.15 bits per heavy atom. The van der Waals surface area contributed by atoms with Crippen molar-refractivity contribution in [3.63, 3.8) is 0 Å². The van der Waals surface area contributed by atoms with Crippen molar-refractivity contribution in [1.82, 2.24) is 0 Å². The minimum atomic E-state index is -0.115. The highest BCUT2D eigenvalue weighted by atomic mass is 32.1. The zero-order valence-electron chi connectivity index (χ0n) is 15.1. The minimum Gasteiger partial charge on any atom is -0.492 e. The summed E-state index contributed by atoms with van der Waals surface area (Å²) in [5, 5.41) is 4.15. The quantitative estimate of drug-likeness (QED) is 0.691. The van der Waals surface area contributed by atoms with Gasteiger partial charge in [-0.2, -0.15) is 0 Å². The van der Waals surface area contributed by atoms with E-state index in [4.69, 9.17) is 9.47 Å². The number of hydrogen-bond donors (Lipinski definition) is 1. The van der Waals surface area contributed by atoms with Crippen molar-refractivity contribution in [2.24, 2.45) is 0 Å². The Morgan fingerprint density at radius 3 is 2.92 bits per heavy atom. The van der Waals surface area contributed by atoms with Gasteiger partial charge in [0.05, 0.1) is 17.2 Å². The second-order valence-corrected chi connectivity index (χ2v) is 7.58. The predicted octanol–water partition coefficient (Wildman–Crippen LogP) is 5.18. The maximum absolute atomic E-state index is 12.9. The number of ether oxygens (including phenoxy) is 2. The second kappa shape index (κ2) is 6.65. The Labute approximate surface area is 156 Å². The van der Waals surface area contributed by atoms with Crippen LogP contribution in [0.5, 0.6) is 11.5 Å². The number of rotatable bonds is 4. The monoisotopic (exact) mass is 367 g/mol. The Morgan fingerprint density at radius 1 is 1.35 bits per heavy atom. The number of fused-ring (bicyclic) bond motifs is 2. The van der Waals surface area contributed by atoms with Crippen LogP contribution in [0.3, 0.4) is 0 Å². The summed E-state index contributed by atoms with van der Waals surface area (Å²) in [5.41, 5.74) is 2.78. The smallest absolute Gasteiger partial charge is 0.266 e. The lowest BCUT2D eigenvalue weighted by atomic mass is 10.1. The molecular formula is C21H21NO3S. The third-order valence-corrected chi connectivity index (χ3v) is 5.87. The molecule has 2 aromatic carbocycles. The van der Waals surface area contributed by atoms with Crippen LogP contribution in [0.1, 0.15) is 34.6 Å². The fraction of sp³-hybridized carbons (Fsp3) is 0.286. The lowest BCUT2D eigenvalue weighted by Crippen LogP contribution is -2.12. The average molecular weight is 367 g/mol. The molecule has 0 radical (unpaired) electrons. The molecule has 2 heterocycles. The Balaban J connectivity index is 1.68. The van der Waals surface area contributed by atoms with E-state index >= 15 is 0 Å². The predicted molar refractivity (Wildman–Crippen MR) is 106 cm³/mol. The van der Waals surface area contributed by atoms with Gasteiger partial charge in [0.1, 0.15) is 17.6 Å². The van der Waals surface area contributed by atoms with Crippen LogP contribution in [0.15, 0.2) is 36.4 Å². The molecule has 0 saturated heterocycles. The third kappa shape index (κ3) is 2.92. The molecule has 1 amide bonds. The van der Waals surface area contributed by atoms with Gasteiger partial charge in [-0.3, -0.25) is 4.79 Å². The van der Waals surface area contributed by atoms with Gasteiger partial charge in [-0.1, -0.05) is 18.2 Å². The summed E-state index contributed by atoms with van der Waals surface area (Å²) < 4.78 is 12.7. The van der Waals surface area contributed by atoms with Crippen LogP contribution >= 0.6 is 11.3 Å². The Hall–Kier alpha value is -2.53. The zero-order valence-corrected chi connectivity index (χ0v) is 15.9. The molecule has 26 heavy (non-hydrogen) atoms. The molecule has 1 atom stereocenters. The highest BCUT2D eigenvalue weighted by molar-refractivity contribution is 7.21. The number of benzene rings is 2. The Kier molecular flexibility index (Phi) is 4.32. The molecule has 3 aromatic rings. The highest BCUT2D eigenvalue weighted by Gasteiger charge is 2.23. The van der Waals surface area contributed by atoms with Crippen LogP contribution in [0, 0.1) is 6.92 Å². The van der Waals surface area contributed by atoms with Gasteiger partial charge in [0.25, 0.3) is 5.91 Å². The third-order valence-electron chi connectivity index (χ3n) is 4.60. The van der Waals surface area contributed by atoms with Crippen molar-refractivity contribution in [1.29, 1.82) is 0 Å². The first-order valence-corrected chi connectivity index (χ1v) is 9.64. The average Bonchev–Trinajstić information content (AvgIpc) is 3.15. The molecule has 4 rings (SSSR count). The van der Waals surface area contributed by atoms with Crippen LogP contribution in [0.25, 0.3) is 10.1 Å². The lowest BCUT2D eigenvalue weighted by Gasteiger charge is -2.13. The van der Waals surface area contributed by atoms with E-state index in [2.05, 4.69) is 5.32 Å². The molecular weight excluding hydrogens is 346 g/mol. The maximum atomic E-state index is 12.9. The molecule has 1 aromatic heterocycles. The molecule has 5 heteroatoms. The van der Waals surface area contributed by atoms with E-state index < -0.39 is 0 Å². The number of anilines is 1. The standard InChI is InChI=1S/C21H21NO3S/c1-4-24-18-10-14-9-12(2)25-17(14)11-16(18)22-21(23)20-13(3)15-7-5-6-8-19(15)26-20/h5-8,10-12H,4,9H2,1-3H3,(H,22,23). The van der Waals surface area contributed by atoms with Gasteiger partial charge >= 0.3 is 0 Å². The number of thiophene rings is 1. The van der Waals surface area contributed by atoms with Crippen LogP contribution in [0.2, 0.25) is 0 Å². The van der Waals surface area contributed by atoms with Gasteiger partial charge in [0, 0.05) is 22.8 Å². The SMILES string of the molecule is CCOc1cc2c(cc1NC(=O)c1sc3ccccc3c1C)OC(C)C2. The molecule has 1 unspecified atom stereocenters. The first kappa shape index (κ1) is 16.9. The van der Waals surface area contributed by atoms with E-state index in [9.17, 15) is 4.79 Å². The number of amides is 1. The molecule has 0 spiro atoms. The van der Waals surface area contributed by atoms with Gasteiger partial charge in [-0.15, -0.1) is 11.3 Å². The largest absolute Gasteiger partial charge is 0.492 e. The molecule has 0 aliphatic carbocycles. The molecule has 0 fully saturated rings. The van der Waals surface area contributed by atoms with Crippen molar-refractivity contribution in [2.75, 3.05) is 11.9 Å². The number of carbonyl (C=O) groups is 1. The fourth-order valence-electron chi connectivity index (χ4n) is 3.38. The van der Waals surface area contributed by atoms with Gasteiger partial charge < -0.3 is 14.8 Å². The second-order valence-electron chi connectivity index (χ2n) is 6.53. The van der Waals surface area contributed by atoms with Crippen molar-refractivity contribution in [2.45, 2.75) is 33.3 Å². The molecule has 0 bridgehead atoms. The molecule has 1 aliphatic heterocycles. The van der Waals surface area contributed by atoms with E-state index in [1.807, 2.05) is 57.2 Å². The molecule has 1 N–H and O–H groups in total. The number of carbonyl (C=O) groups excluding carboxylic acids is 1. The molecule has 134 valence electrons. The van der Waals surface area contributed by atoms with Crippen molar-refractivity contribution in [3.05, 3.63) is 52.4 Å². The highest BCUT2D eigenvalue weighted by Crippen LogP contribution is 2.39. The van der Waals surface area contributed by atoms with Crippen LogP contribution in [0.4, 0.5) is 5.69 Å². The summed E-state index contributed by atoms with van der Waals surface area (Å²) in [6.07, 6.45) is 1.01. The van der Waals surface area contributed by atoms with E-state index in [0.717, 1.165) is 38.3 Å². The summed E-state index contributed by atoms with van der Waals surface area (Å²) in [5.74, 6) is 1.40. The zero-order chi connectivity index (χ0) is 18.3. The number of hydrogen-bond acceptors (Lipinski definition) is 4. The van der Waals surface area contributed by atoms with Crippen LogP contribution < -0.4 is 14.8 Å². The summed E-state index contributed by atoms with van der Waals surface area (Å²) >= 11 is 1.51. The van der Waals surface area contributed by atoms with E-state index in [0.29, 0.717) is 18.0 Å². The normalized spacial score (nSPS) is 15.6. The maximum Gasteiger partial charge on any atom is 0.266 e. The Bertz CT molecular complexity index is 992. The van der Waals surface area contributed by atoms with Crippen molar-refractivity contribution < 1.29 is 14.3 Å². The van der Waals surface area contributed by atoms with E-state index in [-0.39, 0.29) is 12.0 Å². The molecule has 4 nitrogen and oxygen atoms in total. The summed E-state index contributed by atoms with van der Waals surface area (Å²) in [4.78, 5) is 13.7. The van der Waals surface area contributed by atoms with Gasteiger partial charge in [0.2, 0.25) is 0 Å². The summed E-state index contributed by atoms with van der Waals surface area (Å²) in [6, 6.07) is 11.9. The summed E-state index contributed by atoms with van der Waals surface area (Å²) in [6.45, 7) is 6.51. The minimum absolute atomic E-state index is 0.115. The first-order chi connectivity index (χ1) is 12.6. The van der Waals surface area contributed by atoms with Gasteiger partial charge in [-0.05, 0) is 43.9 Å². The lowest BCUT2D eigenvalue weighted by molar-refractivity contribution is 0.102. The number of aryl methyl sites for hydroxylation is 1. The fourth-order valence-corrected chi connectivity index (χ4v) is 4.49. The van der Waals surface area contributed by atoms with Crippen molar-refractivity contribution >= 4 is 33.0 Å². The number of nitrogens with one attached hydrogen (secondary N) is 1. The van der Waals surface area contributed by atoms with Gasteiger partial charge in [-0.25, -0.2) is 0 Å². The van der Waals surface area contributed by atoms with Gasteiger partial charge in [0.15, 0.2) is 0 Å². The van der Waals surface area contributed by atoms with Crippen LogP contribution in [-0.4, -0.2) is 18.6 Å². The van der Waals surface area contributed by atoms with Crippen molar-refractivity contribution in [3.8, 4) is 11.5 Å². The topological polar surface area (TPSA) is 47.6 Å². The molecule has 1 aliphatic rings.